The quantitative estimate of drug-likeness (QED) is 0.660. The normalized spacial score (nSPS) is 15.4. The number of fused-ring (bicyclic) bond motifs is 1. The number of aromatic nitrogens is 2. The predicted octanol–water partition coefficient (Wildman–Crippen LogP) is 3.43. The van der Waals surface area contributed by atoms with Crippen LogP contribution in [0.3, 0.4) is 0 Å². The summed E-state index contributed by atoms with van der Waals surface area (Å²) in [5.41, 5.74) is 2.82. The van der Waals surface area contributed by atoms with E-state index in [9.17, 15) is 4.79 Å². The van der Waals surface area contributed by atoms with Gasteiger partial charge in [0, 0.05) is 19.1 Å². The first-order chi connectivity index (χ1) is 11.5. The van der Waals surface area contributed by atoms with Gasteiger partial charge >= 0.3 is 0 Å². The van der Waals surface area contributed by atoms with E-state index in [2.05, 4.69) is 40.8 Å². The number of hydrogen-bond acceptors (Lipinski definition) is 4. The largest absolute Gasteiger partial charge is 0.358 e. The number of H-pyrrole nitrogens is 1. The SMILES string of the molecule is C=C(C)Cn1c2c(c(=O)[nH]c1=S)CN([C@@H](C)c1ccccc1)CN2. The molecule has 2 aromatic rings. The second-order valence-electron chi connectivity index (χ2n) is 6.30. The smallest absolute Gasteiger partial charge is 0.258 e. The van der Waals surface area contributed by atoms with Crippen molar-refractivity contribution in [1.82, 2.24) is 14.5 Å². The molecule has 0 spiro atoms. The molecule has 126 valence electrons. The first kappa shape index (κ1) is 16.7. The van der Waals surface area contributed by atoms with Gasteiger partial charge in [-0.05, 0) is 31.6 Å². The number of hydrogen-bond donors (Lipinski definition) is 2. The van der Waals surface area contributed by atoms with E-state index < -0.39 is 0 Å². The number of nitrogens with zero attached hydrogens (tertiary/aromatic N) is 2. The van der Waals surface area contributed by atoms with Crippen molar-refractivity contribution in [2.75, 3.05) is 12.0 Å². The lowest BCUT2D eigenvalue weighted by atomic mass is 10.1. The van der Waals surface area contributed by atoms with Crippen molar-refractivity contribution in [3.63, 3.8) is 0 Å². The molecule has 24 heavy (non-hydrogen) atoms. The maximum atomic E-state index is 12.4. The van der Waals surface area contributed by atoms with Crippen LogP contribution in [0, 0.1) is 4.77 Å². The first-order valence-corrected chi connectivity index (χ1v) is 8.41. The molecule has 0 saturated heterocycles. The standard InChI is InChI=1S/C18H22N4OS/c1-12(2)9-22-16-15(17(23)20-18(22)24)10-21(11-19-16)13(3)14-7-5-4-6-8-14/h4-8,13,19H,1,9-11H2,2-3H3,(H,20,23,24)/t13-/m0/s1. The average molecular weight is 342 g/mol. The van der Waals surface area contributed by atoms with Crippen LogP contribution >= 0.6 is 12.2 Å². The average Bonchev–Trinajstić information content (AvgIpc) is 2.58. The van der Waals surface area contributed by atoms with Crippen LogP contribution in [0.1, 0.15) is 31.0 Å². The van der Waals surface area contributed by atoms with Gasteiger partial charge in [0.05, 0.1) is 12.2 Å². The van der Waals surface area contributed by atoms with Crippen LogP contribution in [0.5, 0.6) is 0 Å². The van der Waals surface area contributed by atoms with Gasteiger partial charge in [-0.15, -0.1) is 0 Å². The number of rotatable bonds is 4. The van der Waals surface area contributed by atoms with Gasteiger partial charge in [-0.2, -0.15) is 0 Å². The molecule has 6 heteroatoms. The molecule has 1 aliphatic heterocycles. The summed E-state index contributed by atoms with van der Waals surface area (Å²) < 4.78 is 2.35. The number of anilines is 1. The summed E-state index contributed by atoms with van der Waals surface area (Å²) in [5, 5.41) is 3.38. The maximum Gasteiger partial charge on any atom is 0.258 e. The summed E-state index contributed by atoms with van der Waals surface area (Å²) in [5.74, 6) is 0.809. The molecule has 5 nitrogen and oxygen atoms in total. The molecular formula is C18H22N4OS. The Morgan fingerprint density at radius 2 is 2.08 bits per heavy atom. The maximum absolute atomic E-state index is 12.4. The fourth-order valence-electron chi connectivity index (χ4n) is 3.03. The summed E-state index contributed by atoms with van der Waals surface area (Å²) in [6.07, 6.45) is 0. The van der Waals surface area contributed by atoms with E-state index in [0.29, 0.717) is 24.5 Å². The van der Waals surface area contributed by atoms with Crippen LogP contribution in [-0.4, -0.2) is 21.1 Å². The van der Waals surface area contributed by atoms with Crippen molar-refractivity contribution >= 4 is 18.0 Å². The van der Waals surface area contributed by atoms with Gasteiger partial charge in [0.15, 0.2) is 4.77 Å². The number of nitrogens with one attached hydrogen (secondary N) is 2. The van der Waals surface area contributed by atoms with Crippen LogP contribution in [-0.2, 0) is 13.1 Å². The van der Waals surface area contributed by atoms with E-state index in [4.69, 9.17) is 12.2 Å². The first-order valence-electron chi connectivity index (χ1n) is 8.00. The van der Waals surface area contributed by atoms with Crippen LogP contribution < -0.4 is 10.9 Å². The molecule has 0 aliphatic carbocycles. The molecule has 1 atom stereocenters. The zero-order valence-electron chi connectivity index (χ0n) is 14.0. The molecule has 0 saturated carbocycles. The second kappa shape index (κ2) is 6.75. The van der Waals surface area contributed by atoms with Crippen molar-refractivity contribution in [3.05, 3.63) is 68.7 Å². The van der Waals surface area contributed by atoms with E-state index in [0.717, 1.165) is 17.0 Å². The zero-order valence-corrected chi connectivity index (χ0v) is 14.8. The minimum Gasteiger partial charge on any atom is -0.358 e. The lowest BCUT2D eigenvalue weighted by Crippen LogP contribution is -2.40. The Labute approximate surface area is 146 Å². The fourth-order valence-corrected chi connectivity index (χ4v) is 3.28. The molecule has 0 radical (unpaired) electrons. The molecule has 1 aromatic heterocycles. The topological polar surface area (TPSA) is 53.1 Å². The van der Waals surface area contributed by atoms with E-state index in [1.807, 2.05) is 29.7 Å². The van der Waals surface area contributed by atoms with Gasteiger partial charge in [-0.3, -0.25) is 14.7 Å². The van der Waals surface area contributed by atoms with Crippen molar-refractivity contribution in [2.45, 2.75) is 33.0 Å². The summed E-state index contributed by atoms with van der Waals surface area (Å²) in [7, 11) is 0. The van der Waals surface area contributed by atoms with E-state index in [1.54, 1.807) is 0 Å². The Hall–Kier alpha value is -2.18. The predicted molar refractivity (Wildman–Crippen MR) is 99.6 cm³/mol. The third-order valence-corrected chi connectivity index (χ3v) is 4.69. The van der Waals surface area contributed by atoms with Gasteiger partial charge in [0.2, 0.25) is 0 Å². The number of benzene rings is 1. The molecule has 3 rings (SSSR count). The molecule has 0 unspecified atom stereocenters. The Morgan fingerprint density at radius 1 is 1.38 bits per heavy atom. The highest BCUT2D eigenvalue weighted by Crippen LogP contribution is 2.27. The third kappa shape index (κ3) is 3.20. The van der Waals surface area contributed by atoms with E-state index in [1.165, 1.54) is 5.56 Å². The molecule has 2 N–H and O–H groups in total. The van der Waals surface area contributed by atoms with Gasteiger partial charge in [-0.1, -0.05) is 42.5 Å². The molecule has 0 bridgehead atoms. The van der Waals surface area contributed by atoms with E-state index >= 15 is 0 Å². The number of aromatic amines is 1. The Kier molecular flexibility index (Phi) is 4.69. The third-order valence-electron chi connectivity index (χ3n) is 4.36. The zero-order chi connectivity index (χ0) is 17.3. The van der Waals surface area contributed by atoms with Crippen molar-refractivity contribution < 1.29 is 0 Å². The second-order valence-corrected chi connectivity index (χ2v) is 6.68. The fraction of sp³-hybridized carbons (Fsp3) is 0.333. The summed E-state index contributed by atoms with van der Waals surface area (Å²) in [6, 6.07) is 10.5. The highest BCUT2D eigenvalue weighted by atomic mass is 32.1. The van der Waals surface area contributed by atoms with Gasteiger partial charge < -0.3 is 9.88 Å². The van der Waals surface area contributed by atoms with Crippen LogP contribution in [0.15, 0.2) is 47.3 Å². The van der Waals surface area contributed by atoms with Crippen LogP contribution in [0.4, 0.5) is 5.82 Å². The highest BCUT2D eigenvalue weighted by Gasteiger charge is 2.25. The molecule has 2 heterocycles. The molecule has 0 amide bonds. The molecule has 0 fully saturated rings. The summed E-state index contributed by atoms with van der Waals surface area (Å²) in [4.78, 5) is 17.4. The van der Waals surface area contributed by atoms with Crippen LogP contribution in [0.2, 0.25) is 0 Å². The van der Waals surface area contributed by atoms with Gasteiger partial charge in [0.25, 0.3) is 5.56 Å². The molecular weight excluding hydrogens is 320 g/mol. The van der Waals surface area contributed by atoms with E-state index in [-0.39, 0.29) is 11.6 Å². The van der Waals surface area contributed by atoms with Crippen molar-refractivity contribution in [2.24, 2.45) is 0 Å². The highest BCUT2D eigenvalue weighted by molar-refractivity contribution is 7.71. The van der Waals surface area contributed by atoms with Crippen molar-refractivity contribution in [3.8, 4) is 0 Å². The van der Waals surface area contributed by atoms with Crippen LogP contribution in [0.25, 0.3) is 0 Å². The van der Waals surface area contributed by atoms with Gasteiger partial charge in [-0.25, -0.2) is 0 Å². The van der Waals surface area contributed by atoms with Crippen molar-refractivity contribution in [1.29, 1.82) is 0 Å². The Morgan fingerprint density at radius 3 is 2.75 bits per heavy atom. The minimum atomic E-state index is -0.120. The number of allylic oxidation sites excluding steroid dienone is 1. The van der Waals surface area contributed by atoms with Gasteiger partial charge in [0.1, 0.15) is 5.82 Å². The Balaban J connectivity index is 1.95. The monoisotopic (exact) mass is 342 g/mol. The summed E-state index contributed by atoms with van der Waals surface area (Å²) >= 11 is 5.31. The summed E-state index contributed by atoms with van der Waals surface area (Å²) in [6.45, 7) is 9.89. The lowest BCUT2D eigenvalue weighted by molar-refractivity contribution is 0.206. The Bertz CT molecular complexity index is 869. The molecule has 1 aromatic carbocycles. The minimum absolute atomic E-state index is 0.120. The molecule has 1 aliphatic rings. The lowest BCUT2D eigenvalue weighted by Gasteiger charge is -2.35.